The van der Waals surface area contributed by atoms with Crippen molar-refractivity contribution in [3.8, 4) is 5.75 Å². The molecule has 168 valence electrons. The van der Waals surface area contributed by atoms with E-state index in [4.69, 9.17) is 16.3 Å². The van der Waals surface area contributed by atoms with Gasteiger partial charge in [-0.3, -0.25) is 0 Å². The lowest BCUT2D eigenvalue weighted by atomic mass is 9.92. The second-order valence-corrected chi connectivity index (χ2v) is 8.43. The van der Waals surface area contributed by atoms with Crippen LogP contribution >= 0.6 is 11.6 Å². The van der Waals surface area contributed by atoms with Crippen LogP contribution in [0.15, 0.2) is 66.7 Å². The van der Waals surface area contributed by atoms with E-state index in [-0.39, 0.29) is 17.9 Å². The third kappa shape index (κ3) is 4.14. The highest BCUT2D eigenvalue weighted by Gasteiger charge is 2.34. The second-order valence-electron chi connectivity index (χ2n) is 7.99. The van der Waals surface area contributed by atoms with Gasteiger partial charge in [-0.1, -0.05) is 23.7 Å². The highest BCUT2D eigenvalue weighted by Crippen LogP contribution is 2.39. The molecule has 4 aromatic rings. The van der Waals surface area contributed by atoms with Crippen LogP contribution in [0.4, 0.5) is 14.9 Å². The molecule has 7 heteroatoms. The van der Waals surface area contributed by atoms with Crippen molar-refractivity contribution in [2.75, 3.05) is 18.5 Å². The van der Waals surface area contributed by atoms with Crippen molar-refractivity contribution in [1.29, 1.82) is 0 Å². The van der Waals surface area contributed by atoms with Crippen LogP contribution in [-0.4, -0.2) is 29.1 Å². The largest absolute Gasteiger partial charge is 0.494 e. The Bertz CT molecular complexity index is 1300. The average Bonchev–Trinajstić information content (AvgIpc) is 3.18. The third-order valence-electron chi connectivity index (χ3n) is 5.95. The molecule has 1 aliphatic rings. The Morgan fingerprint density at radius 3 is 2.64 bits per heavy atom. The molecule has 2 amide bonds. The number of amides is 2. The molecule has 2 heterocycles. The standard InChI is InChI=1S/C26H23ClFN3O2/c1-2-33-20-10-8-19(9-11-20)29-26(32)31-14-13-21-22-15-17(27)5-12-23(22)30-24(21)25(31)16-3-6-18(28)7-4-16/h3-12,15,25,30H,2,13-14H2,1H3,(H,29,32)/t25-/m0/s1. The van der Waals surface area contributed by atoms with Gasteiger partial charge in [0.2, 0.25) is 0 Å². The molecule has 0 saturated heterocycles. The zero-order valence-electron chi connectivity index (χ0n) is 18.1. The molecule has 0 bridgehead atoms. The molecule has 0 unspecified atom stereocenters. The molecule has 0 spiro atoms. The van der Waals surface area contributed by atoms with Crippen molar-refractivity contribution in [2.24, 2.45) is 0 Å². The fourth-order valence-corrected chi connectivity index (χ4v) is 4.64. The molecule has 33 heavy (non-hydrogen) atoms. The number of aromatic amines is 1. The summed E-state index contributed by atoms with van der Waals surface area (Å²) in [4.78, 5) is 18.6. The van der Waals surface area contributed by atoms with Gasteiger partial charge < -0.3 is 19.9 Å². The smallest absolute Gasteiger partial charge is 0.322 e. The maximum atomic E-state index is 13.7. The first-order chi connectivity index (χ1) is 16.0. The summed E-state index contributed by atoms with van der Waals surface area (Å²) in [6.45, 7) is 3.02. The van der Waals surface area contributed by atoms with E-state index < -0.39 is 0 Å². The molecular weight excluding hydrogens is 441 g/mol. The number of anilines is 1. The number of fused-ring (bicyclic) bond motifs is 3. The lowest BCUT2D eigenvalue weighted by Crippen LogP contribution is -2.43. The molecule has 3 aromatic carbocycles. The van der Waals surface area contributed by atoms with Gasteiger partial charge in [-0.15, -0.1) is 0 Å². The van der Waals surface area contributed by atoms with Crippen LogP contribution in [0.2, 0.25) is 5.02 Å². The van der Waals surface area contributed by atoms with Crippen LogP contribution < -0.4 is 10.1 Å². The number of carbonyl (C=O) groups excluding carboxylic acids is 1. The molecule has 0 saturated carbocycles. The molecular formula is C26H23ClFN3O2. The van der Waals surface area contributed by atoms with Gasteiger partial charge >= 0.3 is 6.03 Å². The number of nitrogens with one attached hydrogen (secondary N) is 2. The van der Waals surface area contributed by atoms with E-state index in [1.54, 1.807) is 17.0 Å². The Kier molecular flexibility index (Phi) is 5.68. The lowest BCUT2D eigenvalue weighted by Gasteiger charge is -2.36. The zero-order chi connectivity index (χ0) is 22.9. The van der Waals surface area contributed by atoms with Crippen LogP contribution in [0.1, 0.15) is 29.8 Å². The number of H-pyrrole nitrogens is 1. The molecule has 0 radical (unpaired) electrons. The lowest BCUT2D eigenvalue weighted by molar-refractivity contribution is 0.193. The number of hydrogen-bond donors (Lipinski definition) is 2. The maximum absolute atomic E-state index is 13.7. The van der Waals surface area contributed by atoms with Gasteiger partial charge in [0.15, 0.2) is 0 Å². The number of carbonyl (C=O) groups is 1. The Morgan fingerprint density at radius 2 is 1.91 bits per heavy atom. The van der Waals surface area contributed by atoms with Crippen molar-refractivity contribution in [1.82, 2.24) is 9.88 Å². The van der Waals surface area contributed by atoms with Crippen molar-refractivity contribution >= 4 is 34.2 Å². The number of nitrogens with zero attached hydrogens (tertiary/aromatic N) is 1. The minimum absolute atomic E-state index is 0.226. The predicted octanol–water partition coefficient (Wildman–Crippen LogP) is 6.54. The highest BCUT2D eigenvalue weighted by molar-refractivity contribution is 6.31. The minimum Gasteiger partial charge on any atom is -0.494 e. The van der Waals surface area contributed by atoms with Crippen LogP contribution in [0.3, 0.4) is 0 Å². The fraction of sp³-hybridized carbons (Fsp3) is 0.192. The summed E-state index contributed by atoms with van der Waals surface area (Å²) in [5, 5.41) is 4.71. The predicted molar refractivity (Wildman–Crippen MR) is 129 cm³/mol. The summed E-state index contributed by atoms with van der Waals surface area (Å²) in [5.41, 5.74) is 4.52. The quantitative estimate of drug-likeness (QED) is 0.361. The van der Waals surface area contributed by atoms with E-state index in [0.29, 0.717) is 30.3 Å². The van der Waals surface area contributed by atoms with Crippen LogP contribution in [0, 0.1) is 5.82 Å². The SMILES string of the molecule is CCOc1ccc(NC(=O)N2CCc3c([nH]c4ccc(Cl)cc34)[C@@H]2c2ccc(F)cc2)cc1. The van der Waals surface area contributed by atoms with Gasteiger partial charge in [0.1, 0.15) is 11.6 Å². The first-order valence-electron chi connectivity index (χ1n) is 10.9. The van der Waals surface area contributed by atoms with Crippen molar-refractivity contribution < 1.29 is 13.9 Å². The van der Waals surface area contributed by atoms with Gasteiger partial charge in [0, 0.05) is 33.9 Å². The average molecular weight is 464 g/mol. The van der Waals surface area contributed by atoms with E-state index in [0.717, 1.165) is 33.5 Å². The van der Waals surface area contributed by atoms with Gasteiger partial charge in [0.05, 0.1) is 12.6 Å². The third-order valence-corrected chi connectivity index (χ3v) is 6.19. The number of halogens is 2. The van der Waals surface area contributed by atoms with E-state index in [2.05, 4.69) is 10.3 Å². The number of aromatic nitrogens is 1. The molecule has 5 rings (SSSR count). The Balaban J connectivity index is 1.51. The van der Waals surface area contributed by atoms with E-state index in [1.807, 2.05) is 49.4 Å². The molecule has 5 nitrogen and oxygen atoms in total. The van der Waals surface area contributed by atoms with Gasteiger partial charge in [0.25, 0.3) is 0 Å². The second kappa shape index (κ2) is 8.79. The van der Waals surface area contributed by atoms with Crippen LogP contribution in [-0.2, 0) is 6.42 Å². The molecule has 2 N–H and O–H groups in total. The Morgan fingerprint density at radius 1 is 1.15 bits per heavy atom. The molecule has 1 aliphatic heterocycles. The van der Waals surface area contributed by atoms with Gasteiger partial charge in [-0.05, 0) is 79.1 Å². The van der Waals surface area contributed by atoms with Crippen LogP contribution in [0.25, 0.3) is 10.9 Å². The number of benzene rings is 3. The van der Waals surface area contributed by atoms with E-state index in [1.165, 1.54) is 12.1 Å². The summed E-state index contributed by atoms with van der Waals surface area (Å²) in [7, 11) is 0. The summed E-state index contributed by atoms with van der Waals surface area (Å²) in [5.74, 6) is 0.433. The molecule has 1 atom stereocenters. The molecule has 0 aliphatic carbocycles. The number of ether oxygens (including phenoxy) is 1. The Hall–Kier alpha value is -3.51. The maximum Gasteiger partial charge on any atom is 0.322 e. The van der Waals surface area contributed by atoms with Crippen LogP contribution in [0.5, 0.6) is 5.75 Å². The minimum atomic E-state index is -0.386. The van der Waals surface area contributed by atoms with Crippen molar-refractivity contribution in [3.05, 3.63) is 94.4 Å². The van der Waals surface area contributed by atoms with Gasteiger partial charge in [-0.25, -0.2) is 9.18 Å². The molecule has 0 fully saturated rings. The first-order valence-corrected chi connectivity index (χ1v) is 11.3. The summed E-state index contributed by atoms with van der Waals surface area (Å²) < 4.78 is 19.1. The van der Waals surface area contributed by atoms with Crippen molar-refractivity contribution in [2.45, 2.75) is 19.4 Å². The topological polar surface area (TPSA) is 57.4 Å². The Labute approximate surface area is 196 Å². The summed E-state index contributed by atoms with van der Waals surface area (Å²) >= 11 is 6.25. The molecule has 1 aromatic heterocycles. The monoisotopic (exact) mass is 463 g/mol. The fourth-order valence-electron chi connectivity index (χ4n) is 4.47. The van der Waals surface area contributed by atoms with E-state index in [9.17, 15) is 9.18 Å². The number of urea groups is 1. The number of hydrogen-bond acceptors (Lipinski definition) is 2. The van der Waals surface area contributed by atoms with Crippen molar-refractivity contribution in [3.63, 3.8) is 0 Å². The summed E-state index contributed by atoms with van der Waals surface area (Å²) in [6, 6.07) is 18.7. The summed E-state index contributed by atoms with van der Waals surface area (Å²) in [6.07, 6.45) is 0.685. The highest BCUT2D eigenvalue weighted by atomic mass is 35.5. The number of rotatable bonds is 4. The zero-order valence-corrected chi connectivity index (χ0v) is 18.8. The normalized spacial score (nSPS) is 15.4. The van der Waals surface area contributed by atoms with Gasteiger partial charge in [-0.2, -0.15) is 0 Å². The van der Waals surface area contributed by atoms with E-state index >= 15 is 0 Å². The first kappa shape index (κ1) is 21.3.